The molecule has 0 bridgehead atoms. The molecule has 0 aliphatic carbocycles. The predicted octanol–water partition coefficient (Wildman–Crippen LogP) is 5.79. The fourth-order valence-corrected chi connectivity index (χ4v) is 6.54. The number of piperidine rings is 1. The van der Waals surface area contributed by atoms with Crippen molar-refractivity contribution in [2.45, 2.75) is 63.8 Å². The summed E-state index contributed by atoms with van der Waals surface area (Å²) in [5.74, 6) is 0.728. The number of pyridine rings is 1. The molecule has 4 aromatic rings. The Morgan fingerprint density at radius 3 is 2.64 bits per heavy atom. The summed E-state index contributed by atoms with van der Waals surface area (Å²) in [6.07, 6.45) is 2.34. The fourth-order valence-electron chi connectivity index (χ4n) is 6.54. The first-order chi connectivity index (χ1) is 22.7. The van der Waals surface area contributed by atoms with Crippen molar-refractivity contribution >= 4 is 28.7 Å². The van der Waals surface area contributed by atoms with Gasteiger partial charge in [0.25, 0.3) is 0 Å². The molecule has 10 nitrogen and oxygen atoms in total. The van der Waals surface area contributed by atoms with Crippen LogP contribution in [0.15, 0.2) is 60.8 Å². The molecule has 47 heavy (non-hydrogen) atoms. The van der Waals surface area contributed by atoms with Crippen LogP contribution in [0.25, 0.3) is 22.0 Å². The minimum atomic E-state index is -1.31. The van der Waals surface area contributed by atoms with Gasteiger partial charge in [-0.25, -0.2) is 14.2 Å². The van der Waals surface area contributed by atoms with E-state index in [4.69, 9.17) is 9.84 Å². The van der Waals surface area contributed by atoms with Crippen LogP contribution in [0.4, 0.5) is 15.0 Å². The molecule has 1 unspecified atom stereocenters. The molecule has 3 heterocycles. The molecule has 11 heteroatoms. The summed E-state index contributed by atoms with van der Waals surface area (Å²) >= 11 is 0. The van der Waals surface area contributed by atoms with Crippen LogP contribution in [-0.2, 0) is 22.4 Å². The first-order valence-electron chi connectivity index (χ1n) is 16.2. The number of aromatic amines is 1. The maximum atomic E-state index is 13.8. The quantitative estimate of drug-likeness (QED) is 0.117. The van der Waals surface area contributed by atoms with Gasteiger partial charge >= 0.3 is 6.09 Å². The molecule has 5 N–H and O–H groups in total. The van der Waals surface area contributed by atoms with Gasteiger partial charge in [0, 0.05) is 79.9 Å². The highest BCUT2D eigenvalue weighted by Crippen LogP contribution is 2.34. The number of alkyl halides is 1. The maximum absolute atomic E-state index is 13.8. The number of carbonyl (C=O) groups is 2. The highest BCUT2D eigenvalue weighted by Gasteiger charge is 2.29. The van der Waals surface area contributed by atoms with Gasteiger partial charge in [-0.3, -0.25) is 4.79 Å². The lowest BCUT2D eigenvalue weighted by atomic mass is 9.91. The Kier molecular flexibility index (Phi) is 11.4. The molecule has 250 valence electrons. The number of nitrogens with zero attached hydrogens (tertiary/aromatic N) is 2. The van der Waals surface area contributed by atoms with E-state index in [0.717, 1.165) is 57.3 Å². The number of carboxylic acid groups (broad SMARTS) is 1. The highest BCUT2D eigenvalue weighted by molar-refractivity contribution is 5.87. The van der Waals surface area contributed by atoms with Gasteiger partial charge in [0.2, 0.25) is 5.91 Å². The molecule has 0 radical (unpaired) electrons. The molecule has 0 spiro atoms. The number of hydrogen-bond donors (Lipinski definition) is 5. The number of para-hydroxylation sites is 1. The van der Waals surface area contributed by atoms with Gasteiger partial charge in [0.15, 0.2) is 6.36 Å². The number of ether oxygens (including phenoxy) is 1. The van der Waals surface area contributed by atoms with E-state index in [1.165, 1.54) is 7.11 Å². The first kappa shape index (κ1) is 33.9. The Bertz CT molecular complexity index is 1640. The van der Waals surface area contributed by atoms with Crippen LogP contribution < -0.4 is 10.6 Å². The Morgan fingerprint density at radius 1 is 1.15 bits per heavy atom. The zero-order chi connectivity index (χ0) is 33.3. The maximum Gasteiger partial charge on any atom is 0.404 e. The van der Waals surface area contributed by atoms with Crippen LogP contribution in [0.3, 0.4) is 0 Å². The van der Waals surface area contributed by atoms with Gasteiger partial charge in [-0.15, -0.1) is 0 Å². The third-order valence-corrected chi connectivity index (χ3v) is 9.00. The van der Waals surface area contributed by atoms with Gasteiger partial charge in [-0.1, -0.05) is 42.5 Å². The van der Waals surface area contributed by atoms with E-state index in [1.54, 1.807) is 6.20 Å². The van der Waals surface area contributed by atoms with E-state index in [9.17, 15) is 19.1 Å². The normalized spacial score (nSPS) is 16.2. The number of carbonyl (C=O) groups excluding carboxylic acids is 1. The second-order valence-corrected chi connectivity index (χ2v) is 12.2. The molecule has 0 saturated carbocycles. The van der Waals surface area contributed by atoms with E-state index in [1.807, 2.05) is 53.4 Å². The van der Waals surface area contributed by atoms with Gasteiger partial charge in [0.1, 0.15) is 5.82 Å². The largest absolute Gasteiger partial charge is 0.465 e. The van der Waals surface area contributed by atoms with Crippen LogP contribution in [0.1, 0.15) is 54.0 Å². The van der Waals surface area contributed by atoms with Crippen molar-refractivity contribution in [1.29, 1.82) is 0 Å². The number of amides is 2. The predicted molar refractivity (Wildman–Crippen MR) is 180 cm³/mol. The highest BCUT2D eigenvalue weighted by atomic mass is 19.1. The summed E-state index contributed by atoms with van der Waals surface area (Å²) in [6.45, 7) is 3.73. The number of nitrogens with one attached hydrogen (secondary N) is 3. The van der Waals surface area contributed by atoms with Crippen LogP contribution in [0.5, 0.6) is 0 Å². The lowest BCUT2D eigenvalue weighted by Crippen LogP contribution is -2.44. The number of halogens is 1. The minimum Gasteiger partial charge on any atom is -0.465 e. The Labute approximate surface area is 274 Å². The van der Waals surface area contributed by atoms with E-state index >= 15 is 0 Å². The molecule has 2 amide bonds. The van der Waals surface area contributed by atoms with Gasteiger partial charge in [-0.2, -0.15) is 0 Å². The van der Waals surface area contributed by atoms with Gasteiger partial charge in [0.05, 0.1) is 6.61 Å². The van der Waals surface area contributed by atoms with E-state index < -0.39 is 18.5 Å². The van der Waals surface area contributed by atoms with Crippen molar-refractivity contribution in [2.75, 3.05) is 38.7 Å². The van der Waals surface area contributed by atoms with Crippen LogP contribution in [0, 0.1) is 6.92 Å². The van der Waals surface area contributed by atoms with E-state index in [-0.39, 0.29) is 31.3 Å². The number of aliphatic hydroxyl groups is 1. The number of rotatable bonds is 14. The van der Waals surface area contributed by atoms with Crippen LogP contribution in [0.2, 0.25) is 0 Å². The number of H-pyrrole nitrogens is 1. The number of methoxy groups -OCH3 is 1. The summed E-state index contributed by atoms with van der Waals surface area (Å²) in [7, 11) is 1.37. The number of aromatic nitrogens is 2. The minimum absolute atomic E-state index is 0.0269. The molecule has 2 aromatic carbocycles. The zero-order valence-electron chi connectivity index (χ0n) is 27.0. The number of fused-ring (bicyclic) bond motifs is 1. The molecule has 1 aliphatic heterocycles. The first-order valence-corrected chi connectivity index (χ1v) is 16.2. The van der Waals surface area contributed by atoms with Crippen molar-refractivity contribution in [3.05, 3.63) is 83.2 Å². The monoisotopic (exact) mass is 645 g/mol. The number of likely N-dealkylation sites (tertiary alicyclic amines) is 1. The SMILES string of the molecule is COC(F)CCc1cccc2c(C)c([C@H]3CCCN(C(=O)C[C@@H](Cc4ccc(-c5ccc(NCCO)nc5)cc4)NC(=O)O)C3)[nH]c12. The molecule has 1 fully saturated rings. The van der Waals surface area contributed by atoms with Crippen molar-refractivity contribution in [3.8, 4) is 11.1 Å². The Hall–Kier alpha value is -4.48. The third-order valence-electron chi connectivity index (χ3n) is 9.00. The van der Waals surface area contributed by atoms with Gasteiger partial charge < -0.3 is 35.5 Å². The summed E-state index contributed by atoms with van der Waals surface area (Å²) in [6, 6.07) is 17.1. The molecule has 2 aromatic heterocycles. The number of anilines is 1. The molecule has 1 aliphatic rings. The number of aryl methyl sites for hydroxylation is 2. The lowest BCUT2D eigenvalue weighted by molar-refractivity contribution is -0.132. The second-order valence-electron chi connectivity index (χ2n) is 12.2. The lowest BCUT2D eigenvalue weighted by Gasteiger charge is -2.34. The van der Waals surface area contributed by atoms with Crippen molar-refractivity contribution < 1.29 is 28.9 Å². The summed E-state index contributed by atoms with van der Waals surface area (Å²) in [5, 5.41) is 25.2. The average Bonchev–Trinajstić information content (AvgIpc) is 3.43. The zero-order valence-corrected chi connectivity index (χ0v) is 27.0. The second kappa shape index (κ2) is 15.9. The van der Waals surface area contributed by atoms with Gasteiger partial charge in [-0.05, 0) is 67.0 Å². The molecule has 3 atom stereocenters. The molecular formula is C36H44FN5O5. The fraction of sp³-hybridized carbons (Fsp3) is 0.417. The Balaban J connectivity index is 1.23. The molecule has 5 rings (SSSR count). The topological polar surface area (TPSA) is 140 Å². The summed E-state index contributed by atoms with van der Waals surface area (Å²) in [4.78, 5) is 35.1. The molecule has 1 saturated heterocycles. The van der Waals surface area contributed by atoms with Crippen molar-refractivity contribution in [2.24, 2.45) is 0 Å². The average molecular weight is 646 g/mol. The summed E-state index contributed by atoms with van der Waals surface area (Å²) in [5.41, 5.74) is 7.10. The van der Waals surface area contributed by atoms with E-state index in [2.05, 4.69) is 33.6 Å². The van der Waals surface area contributed by atoms with E-state index in [0.29, 0.717) is 38.3 Å². The smallest absolute Gasteiger partial charge is 0.404 e. The molecular weight excluding hydrogens is 601 g/mol. The third kappa shape index (κ3) is 8.66. The van der Waals surface area contributed by atoms with Crippen LogP contribution in [-0.4, -0.2) is 82.8 Å². The van der Waals surface area contributed by atoms with Crippen molar-refractivity contribution in [3.63, 3.8) is 0 Å². The number of benzene rings is 2. The number of hydrogen-bond acceptors (Lipinski definition) is 6. The summed E-state index contributed by atoms with van der Waals surface area (Å²) < 4.78 is 18.6. The van der Waals surface area contributed by atoms with Crippen molar-refractivity contribution in [1.82, 2.24) is 20.2 Å². The standard InChI is InChI=1S/C36H44FN5O5/c1-23-30-7-3-5-26(12-14-31(37)47-2)35(30)41-34(23)28-6-4-17-42(22-28)33(44)20-29(40-36(45)46)19-24-8-10-25(11-9-24)27-13-15-32(39-21-27)38-16-18-43/h3,5,7-11,13,15,21,28-29,31,40-41,43H,4,6,12,14,16-20,22H2,1-2H3,(H,38,39)(H,45,46)/t28-,29+,31?/m0/s1. The Morgan fingerprint density at radius 2 is 1.94 bits per heavy atom. The number of aliphatic hydroxyl groups excluding tert-OH is 1. The van der Waals surface area contributed by atoms with Crippen LogP contribution >= 0.6 is 0 Å².